The molecule has 0 radical (unpaired) electrons. The molecule has 0 bridgehead atoms. The van der Waals surface area contributed by atoms with Crippen molar-refractivity contribution < 1.29 is 24.2 Å². The third-order valence-electron chi connectivity index (χ3n) is 2.94. The lowest BCUT2D eigenvalue weighted by Gasteiger charge is -2.15. The Morgan fingerprint density at radius 3 is 2.64 bits per heavy atom. The van der Waals surface area contributed by atoms with Crippen molar-refractivity contribution in [3.63, 3.8) is 0 Å². The lowest BCUT2D eigenvalue weighted by Crippen LogP contribution is -2.40. The molecule has 4 N–H and O–H groups in total. The topological polar surface area (TPSA) is 98.7 Å². The van der Waals surface area contributed by atoms with Crippen LogP contribution in [0.25, 0.3) is 0 Å². The molecule has 1 unspecified atom stereocenters. The SMILES string of the molecule is O=C(O)CCNC(=O)NCC(CO)Cc1ccc(F)c(Br)c1. The van der Waals surface area contributed by atoms with Gasteiger partial charge in [-0.05, 0) is 40.0 Å². The number of carboxylic acid groups (broad SMARTS) is 1. The number of amides is 2. The van der Waals surface area contributed by atoms with E-state index in [1.165, 1.54) is 6.07 Å². The summed E-state index contributed by atoms with van der Waals surface area (Å²) in [6.45, 7) is 0.130. The summed E-state index contributed by atoms with van der Waals surface area (Å²) < 4.78 is 13.5. The number of rotatable bonds is 8. The van der Waals surface area contributed by atoms with E-state index in [2.05, 4.69) is 26.6 Å². The van der Waals surface area contributed by atoms with Gasteiger partial charge in [0.2, 0.25) is 0 Å². The Labute approximate surface area is 135 Å². The Balaban J connectivity index is 2.39. The standard InChI is InChI=1S/C14H18BrFN2O4/c15-11-6-9(1-2-12(11)16)5-10(8-19)7-18-14(22)17-4-3-13(20)21/h1-2,6,10,19H,3-5,7-8H2,(H,20,21)(H2,17,18,22). The number of carbonyl (C=O) groups is 2. The number of urea groups is 1. The van der Waals surface area contributed by atoms with E-state index >= 15 is 0 Å². The molecule has 0 saturated heterocycles. The number of carbonyl (C=O) groups excluding carboxylic acids is 1. The summed E-state index contributed by atoms with van der Waals surface area (Å²) in [6, 6.07) is 4.10. The van der Waals surface area contributed by atoms with Gasteiger partial charge in [-0.2, -0.15) is 0 Å². The van der Waals surface area contributed by atoms with E-state index in [1.807, 2.05) is 0 Å². The van der Waals surface area contributed by atoms with Gasteiger partial charge in [0.15, 0.2) is 0 Å². The number of halogens is 2. The maximum atomic E-state index is 13.1. The molecule has 6 nitrogen and oxygen atoms in total. The molecule has 1 rings (SSSR count). The van der Waals surface area contributed by atoms with Gasteiger partial charge < -0.3 is 20.8 Å². The molecule has 1 atom stereocenters. The minimum Gasteiger partial charge on any atom is -0.481 e. The second-order valence-electron chi connectivity index (χ2n) is 4.78. The monoisotopic (exact) mass is 376 g/mol. The summed E-state index contributed by atoms with van der Waals surface area (Å²) >= 11 is 3.10. The molecule has 0 heterocycles. The zero-order valence-corrected chi connectivity index (χ0v) is 13.4. The molecule has 1 aromatic carbocycles. The van der Waals surface area contributed by atoms with E-state index in [0.717, 1.165) is 5.56 Å². The van der Waals surface area contributed by atoms with Crippen LogP contribution in [0, 0.1) is 11.7 Å². The van der Waals surface area contributed by atoms with E-state index < -0.39 is 12.0 Å². The van der Waals surface area contributed by atoms with Crippen LogP contribution in [0.1, 0.15) is 12.0 Å². The summed E-state index contributed by atoms with van der Waals surface area (Å²) in [4.78, 5) is 21.8. The predicted octanol–water partition coefficient (Wildman–Crippen LogP) is 1.51. The molecular formula is C14H18BrFN2O4. The number of aliphatic hydroxyl groups is 1. The van der Waals surface area contributed by atoms with Crippen LogP contribution >= 0.6 is 15.9 Å². The smallest absolute Gasteiger partial charge is 0.314 e. The highest BCUT2D eigenvalue weighted by atomic mass is 79.9. The normalized spacial score (nSPS) is 11.8. The number of nitrogens with one attached hydrogen (secondary N) is 2. The number of hydrogen-bond acceptors (Lipinski definition) is 3. The van der Waals surface area contributed by atoms with Crippen molar-refractivity contribution in [1.82, 2.24) is 10.6 Å². The Morgan fingerprint density at radius 2 is 2.05 bits per heavy atom. The maximum Gasteiger partial charge on any atom is 0.314 e. The molecule has 122 valence electrons. The van der Waals surface area contributed by atoms with Gasteiger partial charge in [-0.3, -0.25) is 4.79 Å². The Bertz CT molecular complexity index is 528. The number of aliphatic carboxylic acids is 1. The van der Waals surface area contributed by atoms with Crippen molar-refractivity contribution in [3.05, 3.63) is 34.1 Å². The molecule has 0 aromatic heterocycles. The molecule has 1 aromatic rings. The van der Waals surface area contributed by atoms with Gasteiger partial charge in [0, 0.05) is 25.6 Å². The van der Waals surface area contributed by atoms with Crippen LogP contribution in [0.2, 0.25) is 0 Å². The minimum absolute atomic E-state index is 0.0376. The van der Waals surface area contributed by atoms with Gasteiger partial charge in [-0.25, -0.2) is 9.18 Å². The van der Waals surface area contributed by atoms with E-state index in [-0.39, 0.29) is 37.9 Å². The molecule has 0 fully saturated rings. The van der Waals surface area contributed by atoms with Gasteiger partial charge in [0.05, 0.1) is 10.9 Å². The molecule has 0 spiro atoms. The first kappa shape index (κ1) is 18.4. The third-order valence-corrected chi connectivity index (χ3v) is 3.55. The van der Waals surface area contributed by atoms with E-state index in [9.17, 15) is 19.1 Å². The highest BCUT2D eigenvalue weighted by Gasteiger charge is 2.12. The summed E-state index contributed by atoms with van der Waals surface area (Å²) in [5.41, 5.74) is 0.834. The highest BCUT2D eigenvalue weighted by Crippen LogP contribution is 2.18. The van der Waals surface area contributed by atoms with Crippen molar-refractivity contribution in [2.75, 3.05) is 19.7 Å². The van der Waals surface area contributed by atoms with Gasteiger partial charge in [-0.1, -0.05) is 6.07 Å². The lowest BCUT2D eigenvalue weighted by molar-refractivity contribution is -0.136. The zero-order chi connectivity index (χ0) is 16.5. The number of benzene rings is 1. The molecule has 0 aliphatic heterocycles. The fourth-order valence-corrected chi connectivity index (χ4v) is 2.21. The average molecular weight is 377 g/mol. The molecule has 0 saturated carbocycles. The van der Waals surface area contributed by atoms with Crippen LogP contribution in [-0.2, 0) is 11.2 Å². The van der Waals surface area contributed by atoms with Crippen LogP contribution in [0.5, 0.6) is 0 Å². The van der Waals surface area contributed by atoms with Crippen LogP contribution in [0.4, 0.5) is 9.18 Å². The van der Waals surface area contributed by atoms with Crippen molar-refractivity contribution in [2.24, 2.45) is 5.92 Å². The Hall–Kier alpha value is -1.67. The molecular weight excluding hydrogens is 359 g/mol. The van der Waals surface area contributed by atoms with Gasteiger partial charge in [0.1, 0.15) is 5.82 Å². The van der Waals surface area contributed by atoms with Crippen molar-refractivity contribution in [3.8, 4) is 0 Å². The van der Waals surface area contributed by atoms with Crippen molar-refractivity contribution in [1.29, 1.82) is 0 Å². The van der Waals surface area contributed by atoms with Crippen molar-refractivity contribution in [2.45, 2.75) is 12.8 Å². The average Bonchev–Trinajstić information content (AvgIpc) is 2.46. The first-order valence-electron chi connectivity index (χ1n) is 6.70. The van der Waals surface area contributed by atoms with Crippen LogP contribution in [-0.4, -0.2) is 41.9 Å². The van der Waals surface area contributed by atoms with Gasteiger partial charge >= 0.3 is 12.0 Å². The first-order valence-corrected chi connectivity index (χ1v) is 7.50. The van der Waals surface area contributed by atoms with Crippen molar-refractivity contribution >= 4 is 27.9 Å². The summed E-state index contributed by atoms with van der Waals surface area (Å²) in [6.07, 6.45) is 0.325. The lowest BCUT2D eigenvalue weighted by atomic mass is 10.00. The minimum atomic E-state index is -0.990. The van der Waals surface area contributed by atoms with Crippen LogP contribution < -0.4 is 10.6 Å². The summed E-state index contributed by atoms with van der Waals surface area (Å²) in [5, 5.41) is 22.8. The van der Waals surface area contributed by atoms with Gasteiger partial charge in [-0.15, -0.1) is 0 Å². The van der Waals surface area contributed by atoms with Crippen LogP contribution in [0.3, 0.4) is 0 Å². The third kappa shape index (κ3) is 6.86. The fraction of sp³-hybridized carbons (Fsp3) is 0.429. The highest BCUT2D eigenvalue weighted by molar-refractivity contribution is 9.10. The summed E-state index contributed by atoms with van der Waals surface area (Å²) in [7, 11) is 0. The second kappa shape index (κ2) is 9.37. The Morgan fingerprint density at radius 1 is 1.32 bits per heavy atom. The molecule has 8 heteroatoms. The Kier molecular flexibility index (Phi) is 7.83. The van der Waals surface area contributed by atoms with Crippen LogP contribution in [0.15, 0.2) is 22.7 Å². The number of hydrogen-bond donors (Lipinski definition) is 4. The maximum absolute atomic E-state index is 13.1. The van der Waals surface area contributed by atoms with E-state index in [4.69, 9.17) is 5.11 Å². The molecule has 2 amide bonds. The zero-order valence-electron chi connectivity index (χ0n) is 11.8. The molecule has 22 heavy (non-hydrogen) atoms. The fourth-order valence-electron chi connectivity index (χ4n) is 1.78. The quantitative estimate of drug-likeness (QED) is 0.552. The number of aliphatic hydroxyl groups excluding tert-OH is 1. The number of carboxylic acids is 1. The second-order valence-corrected chi connectivity index (χ2v) is 5.64. The van der Waals surface area contributed by atoms with E-state index in [1.54, 1.807) is 12.1 Å². The van der Waals surface area contributed by atoms with Gasteiger partial charge in [0.25, 0.3) is 0 Å². The largest absolute Gasteiger partial charge is 0.481 e. The molecule has 0 aliphatic carbocycles. The summed E-state index contributed by atoms with van der Waals surface area (Å²) in [5.74, 6) is -1.57. The molecule has 0 aliphatic rings. The first-order chi connectivity index (χ1) is 10.4. The van der Waals surface area contributed by atoms with E-state index in [0.29, 0.717) is 10.9 Å². The predicted molar refractivity (Wildman–Crippen MR) is 82.0 cm³/mol.